The fraction of sp³-hybridized carbons (Fsp3) is 0.176. The van der Waals surface area contributed by atoms with Crippen molar-refractivity contribution in [3.8, 4) is 5.75 Å². The molecule has 0 aliphatic carbocycles. The van der Waals surface area contributed by atoms with E-state index in [1.807, 2.05) is 17.5 Å². The van der Waals surface area contributed by atoms with Crippen molar-refractivity contribution in [1.82, 2.24) is 0 Å². The van der Waals surface area contributed by atoms with Crippen LogP contribution in [-0.4, -0.2) is 24.6 Å². The summed E-state index contributed by atoms with van der Waals surface area (Å²) in [4.78, 5) is 24.6. The predicted molar refractivity (Wildman–Crippen MR) is 90.6 cm³/mol. The van der Waals surface area contributed by atoms with Crippen LogP contribution in [0.15, 0.2) is 47.9 Å². The summed E-state index contributed by atoms with van der Waals surface area (Å²) < 4.78 is 34.0. The number of ether oxygens (including phenoxy) is 2. The van der Waals surface area contributed by atoms with Crippen LogP contribution in [0.3, 0.4) is 0 Å². The molecule has 0 aliphatic heterocycles. The van der Waals surface area contributed by atoms with E-state index in [0.717, 1.165) is 4.88 Å². The highest BCUT2D eigenvalue weighted by Crippen LogP contribution is 2.25. The van der Waals surface area contributed by atoms with Crippen molar-refractivity contribution in [3.05, 3.63) is 52.7 Å². The SMILES string of the molecule is C[C@H](OC(=O)/C=C/c1cccs1)C(=O)Nc1ccccc1OC(F)F. The quantitative estimate of drug-likeness (QED) is 0.595. The number of hydrogen-bond acceptors (Lipinski definition) is 5. The molecule has 1 heterocycles. The molecule has 132 valence electrons. The fourth-order valence-electron chi connectivity index (χ4n) is 1.81. The van der Waals surface area contributed by atoms with E-state index < -0.39 is 24.6 Å². The summed E-state index contributed by atoms with van der Waals surface area (Å²) in [6, 6.07) is 9.40. The van der Waals surface area contributed by atoms with Crippen LogP contribution in [-0.2, 0) is 14.3 Å². The lowest BCUT2D eigenvalue weighted by molar-refractivity contribution is -0.148. The number of esters is 1. The third-order valence-electron chi connectivity index (χ3n) is 2.95. The summed E-state index contributed by atoms with van der Waals surface area (Å²) in [6.45, 7) is -1.64. The monoisotopic (exact) mass is 367 g/mol. The first-order valence-electron chi connectivity index (χ1n) is 7.22. The third kappa shape index (κ3) is 6.00. The molecule has 0 spiro atoms. The Morgan fingerprint density at radius 1 is 1.20 bits per heavy atom. The summed E-state index contributed by atoms with van der Waals surface area (Å²) in [5.74, 6) is -1.53. The van der Waals surface area contributed by atoms with Crippen LogP contribution < -0.4 is 10.1 Å². The second-order valence-electron chi connectivity index (χ2n) is 4.79. The number of hydrogen-bond donors (Lipinski definition) is 1. The van der Waals surface area contributed by atoms with Crippen molar-refractivity contribution >= 4 is 35.0 Å². The molecule has 0 saturated heterocycles. The molecule has 1 atom stereocenters. The molecular weight excluding hydrogens is 352 g/mol. The minimum atomic E-state index is -3.02. The number of carbonyl (C=O) groups excluding carboxylic acids is 2. The van der Waals surface area contributed by atoms with Gasteiger partial charge < -0.3 is 14.8 Å². The Kier molecular flexibility index (Phi) is 6.64. The average Bonchev–Trinajstić information content (AvgIpc) is 3.07. The second-order valence-corrected chi connectivity index (χ2v) is 5.77. The van der Waals surface area contributed by atoms with Crippen LogP contribution in [0.1, 0.15) is 11.8 Å². The van der Waals surface area contributed by atoms with Crippen LogP contribution in [0.25, 0.3) is 6.08 Å². The van der Waals surface area contributed by atoms with Gasteiger partial charge in [0, 0.05) is 11.0 Å². The van der Waals surface area contributed by atoms with E-state index in [1.165, 1.54) is 42.5 Å². The van der Waals surface area contributed by atoms with Gasteiger partial charge in [-0.25, -0.2) is 4.79 Å². The van der Waals surface area contributed by atoms with Crippen molar-refractivity contribution in [1.29, 1.82) is 0 Å². The highest BCUT2D eigenvalue weighted by molar-refractivity contribution is 7.10. The highest BCUT2D eigenvalue weighted by Gasteiger charge is 2.19. The van der Waals surface area contributed by atoms with Gasteiger partial charge in [0.1, 0.15) is 5.75 Å². The molecular formula is C17H15F2NO4S. The van der Waals surface area contributed by atoms with Crippen molar-refractivity contribution in [2.75, 3.05) is 5.32 Å². The fourth-order valence-corrected chi connectivity index (χ4v) is 2.42. The molecule has 2 aromatic rings. The third-order valence-corrected chi connectivity index (χ3v) is 3.79. The molecule has 0 fully saturated rings. The van der Waals surface area contributed by atoms with Gasteiger partial charge in [0.05, 0.1) is 5.69 Å². The van der Waals surface area contributed by atoms with Crippen molar-refractivity contribution in [2.45, 2.75) is 19.6 Å². The number of benzene rings is 1. The van der Waals surface area contributed by atoms with Gasteiger partial charge in [-0.3, -0.25) is 4.79 Å². The molecule has 25 heavy (non-hydrogen) atoms. The molecule has 0 aliphatic rings. The zero-order valence-electron chi connectivity index (χ0n) is 13.1. The normalized spacial score (nSPS) is 12.2. The number of thiophene rings is 1. The van der Waals surface area contributed by atoms with Gasteiger partial charge in [0.2, 0.25) is 0 Å². The maximum atomic E-state index is 12.4. The summed E-state index contributed by atoms with van der Waals surface area (Å²) in [5, 5.41) is 4.26. The summed E-state index contributed by atoms with van der Waals surface area (Å²) in [6.07, 6.45) is 1.67. The Balaban J connectivity index is 1.93. The molecule has 2 rings (SSSR count). The number of amides is 1. The minimum Gasteiger partial charge on any atom is -0.449 e. The second kappa shape index (κ2) is 8.93. The Morgan fingerprint density at radius 3 is 2.64 bits per heavy atom. The van der Waals surface area contributed by atoms with E-state index in [1.54, 1.807) is 12.1 Å². The van der Waals surface area contributed by atoms with Crippen LogP contribution in [0.2, 0.25) is 0 Å². The van der Waals surface area contributed by atoms with Gasteiger partial charge in [0.25, 0.3) is 5.91 Å². The molecule has 5 nitrogen and oxygen atoms in total. The first-order chi connectivity index (χ1) is 12.0. The standard InChI is InChI=1S/C17H15F2NO4S/c1-11(23-15(21)9-8-12-5-4-10-25-12)16(22)20-13-6-2-3-7-14(13)24-17(18)19/h2-11,17H,1H3,(H,20,22)/b9-8+/t11-/m0/s1. The van der Waals surface area contributed by atoms with Crippen LogP contribution >= 0.6 is 11.3 Å². The zero-order chi connectivity index (χ0) is 18.2. The molecule has 0 unspecified atom stereocenters. The topological polar surface area (TPSA) is 64.6 Å². The van der Waals surface area contributed by atoms with Gasteiger partial charge in [0.15, 0.2) is 6.10 Å². The van der Waals surface area contributed by atoms with Crippen molar-refractivity contribution < 1.29 is 27.8 Å². The lowest BCUT2D eigenvalue weighted by Gasteiger charge is -2.15. The number of anilines is 1. The van der Waals surface area contributed by atoms with Gasteiger partial charge in [-0.1, -0.05) is 18.2 Å². The highest BCUT2D eigenvalue weighted by atomic mass is 32.1. The molecule has 1 amide bonds. The lowest BCUT2D eigenvalue weighted by Crippen LogP contribution is -2.29. The Hall–Kier alpha value is -2.74. The number of alkyl halides is 2. The van der Waals surface area contributed by atoms with E-state index in [2.05, 4.69) is 10.1 Å². The van der Waals surface area contributed by atoms with E-state index in [-0.39, 0.29) is 11.4 Å². The van der Waals surface area contributed by atoms with Gasteiger partial charge >= 0.3 is 12.6 Å². The number of halogens is 2. The van der Waals surface area contributed by atoms with Gasteiger partial charge in [-0.2, -0.15) is 8.78 Å². The maximum absolute atomic E-state index is 12.4. The first kappa shape index (κ1) is 18.6. The molecule has 8 heteroatoms. The first-order valence-corrected chi connectivity index (χ1v) is 8.10. The number of carbonyl (C=O) groups is 2. The maximum Gasteiger partial charge on any atom is 0.387 e. The Morgan fingerprint density at radius 2 is 1.96 bits per heavy atom. The lowest BCUT2D eigenvalue weighted by atomic mass is 10.2. The number of para-hydroxylation sites is 2. The van der Waals surface area contributed by atoms with E-state index >= 15 is 0 Å². The zero-order valence-corrected chi connectivity index (χ0v) is 14.0. The smallest absolute Gasteiger partial charge is 0.387 e. The van der Waals surface area contributed by atoms with E-state index in [0.29, 0.717) is 0 Å². The summed E-state index contributed by atoms with van der Waals surface area (Å²) in [7, 11) is 0. The van der Waals surface area contributed by atoms with Crippen LogP contribution in [0, 0.1) is 0 Å². The van der Waals surface area contributed by atoms with Gasteiger partial charge in [-0.15, -0.1) is 11.3 Å². The van der Waals surface area contributed by atoms with Crippen molar-refractivity contribution in [2.24, 2.45) is 0 Å². The largest absolute Gasteiger partial charge is 0.449 e. The predicted octanol–water partition coefficient (Wildman–Crippen LogP) is 3.93. The summed E-state index contributed by atoms with van der Waals surface area (Å²) in [5.41, 5.74) is 0.0600. The number of nitrogens with one attached hydrogen (secondary N) is 1. The summed E-state index contributed by atoms with van der Waals surface area (Å²) >= 11 is 1.45. The Labute approximate surface area is 146 Å². The molecule has 0 radical (unpaired) electrons. The molecule has 1 N–H and O–H groups in total. The minimum absolute atomic E-state index is 0.0600. The van der Waals surface area contributed by atoms with E-state index in [4.69, 9.17) is 4.74 Å². The van der Waals surface area contributed by atoms with Crippen LogP contribution in [0.5, 0.6) is 5.75 Å². The van der Waals surface area contributed by atoms with Crippen LogP contribution in [0.4, 0.5) is 14.5 Å². The van der Waals surface area contributed by atoms with E-state index in [9.17, 15) is 18.4 Å². The van der Waals surface area contributed by atoms with Gasteiger partial charge in [-0.05, 0) is 36.6 Å². The number of rotatable bonds is 7. The molecule has 0 bridgehead atoms. The van der Waals surface area contributed by atoms with Crippen molar-refractivity contribution in [3.63, 3.8) is 0 Å². The Bertz CT molecular complexity index is 747. The molecule has 1 aromatic heterocycles. The molecule has 1 aromatic carbocycles. The average molecular weight is 367 g/mol. The molecule has 0 saturated carbocycles.